The molecule has 2 aromatic rings. The van der Waals surface area contributed by atoms with Crippen molar-refractivity contribution in [2.24, 2.45) is 0 Å². The fourth-order valence-electron chi connectivity index (χ4n) is 4.21. The molecule has 34 heavy (non-hydrogen) atoms. The Morgan fingerprint density at radius 1 is 1.18 bits per heavy atom. The number of nitrogens with one attached hydrogen (secondary N) is 2. The molecule has 0 saturated carbocycles. The van der Waals surface area contributed by atoms with Gasteiger partial charge in [-0.15, -0.1) is 0 Å². The van der Waals surface area contributed by atoms with Crippen molar-refractivity contribution in [1.29, 1.82) is 0 Å². The monoisotopic (exact) mass is 468 g/mol. The van der Waals surface area contributed by atoms with Crippen molar-refractivity contribution in [3.8, 4) is 11.1 Å². The summed E-state index contributed by atoms with van der Waals surface area (Å²) in [6, 6.07) is 12.5. The van der Waals surface area contributed by atoms with Crippen LogP contribution >= 0.6 is 0 Å². The van der Waals surface area contributed by atoms with Gasteiger partial charge < -0.3 is 20.3 Å². The van der Waals surface area contributed by atoms with Gasteiger partial charge in [-0.05, 0) is 48.6 Å². The van der Waals surface area contributed by atoms with E-state index in [9.17, 15) is 18.8 Å². The van der Waals surface area contributed by atoms with Crippen LogP contribution in [0.25, 0.3) is 11.1 Å². The van der Waals surface area contributed by atoms with E-state index in [0.29, 0.717) is 11.3 Å². The Morgan fingerprint density at radius 2 is 1.97 bits per heavy atom. The van der Waals surface area contributed by atoms with E-state index in [2.05, 4.69) is 10.6 Å². The lowest BCUT2D eigenvalue weighted by molar-refractivity contribution is -0.119. The molecule has 0 radical (unpaired) electrons. The van der Waals surface area contributed by atoms with Crippen LogP contribution in [0.4, 0.5) is 19.7 Å². The molecule has 2 saturated heterocycles. The molecule has 0 aliphatic carbocycles. The molecule has 2 N–H and O–H groups in total. The first-order valence-corrected chi connectivity index (χ1v) is 11.5. The topological polar surface area (TPSA) is 91.0 Å². The highest BCUT2D eigenvalue weighted by molar-refractivity contribution is 5.90. The summed E-state index contributed by atoms with van der Waals surface area (Å²) in [5.74, 6) is -0.626. The number of anilines is 1. The Labute approximate surface area is 198 Å². The van der Waals surface area contributed by atoms with Crippen LogP contribution in [-0.2, 0) is 16.0 Å². The molecule has 1 atom stereocenters. The summed E-state index contributed by atoms with van der Waals surface area (Å²) < 4.78 is 20.2. The fourth-order valence-corrected chi connectivity index (χ4v) is 4.21. The van der Waals surface area contributed by atoms with E-state index in [-0.39, 0.29) is 25.0 Å². The quantitative estimate of drug-likeness (QED) is 0.553. The van der Waals surface area contributed by atoms with E-state index in [1.54, 1.807) is 12.1 Å². The number of carbonyl (C=O) groups is 3. The first kappa shape index (κ1) is 23.5. The zero-order chi connectivity index (χ0) is 24.1. The number of rotatable bonds is 9. The van der Waals surface area contributed by atoms with Crippen LogP contribution in [0.15, 0.2) is 42.5 Å². The van der Waals surface area contributed by atoms with Crippen molar-refractivity contribution >= 4 is 23.7 Å². The van der Waals surface area contributed by atoms with Crippen molar-refractivity contribution in [2.45, 2.75) is 32.3 Å². The molecule has 2 heterocycles. The highest BCUT2D eigenvalue weighted by Gasteiger charge is 2.32. The number of aryl methyl sites for hydroxylation is 1. The number of hydrogen-bond acceptors (Lipinski definition) is 4. The number of carbonyl (C=O) groups excluding carboxylic acids is 3. The lowest BCUT2D eigenvalue weighted by Crippen LogP contribution is -2.33. The number of halogens is 1. The van der Waals surface area contributed by atoms with Crippen molar-refractivity contribution in [1.82, 2.24) is 15.5 Å². The molecule has 0 bridgehead atoms. The number of amides is 4. The van der Waals surface area contributed by atoms with Gasteiger partial charge in [0.25, 0.3) is 0 Å². The summed E-state index contributed by atoms with van der Waals surface area (Å²) in [7, 11) is 0. The average Bonchev–Trinajstić information content (AvgIpc) is 3.40. The molecule has 2 fully saturated rings. The van der Waals surface area contributed by atoms with E-state index >= 15 is 0 Å². The molecule has 0 aromatic heterocycles. The van der Waals surface area contributed by atoms with Crippen molar-refractivity contribution < 1.29 is 23.5 Å². The molecule has 0 spiro atoms. The highest BCUT2D eigenvalue weighted by atomic mass is 19.1. The Kier molecular flexibility index (Phi) is 7.30. The largest absolute Gasteiger partial charge is 0.442 e. The van der Waals surface area contributed by atoms with Crippen LogP contribution < -0.4 is 15.5 Å². The van der Waals surface area contributed by atoms with E-state index < -0.39 is 18.0 Å². The second-order valence-electron chi connectivity index (χ2n) is 8.59. The number of hydrogen-bond donors (Lipinski definition) is 2. The van der Waals surface area contributed by atoms with Crippen LogP contribution in [0, 0.1) is 5.82 Å². The smallest absolute Gasteiger partial charge is 0.414 e. The van der Waals surface area contributed by atoms with Crippen molar-refractivity contribution in [3.05, 3.63) is 53.8 Å². The predicted octanol–water partition coefficient (Wildman–Crippen LogP) is 3.30. The zero-order valence-corrected chi connectivity index (χ0v) is 19.2. The first-order chi connectivity index (χ1) is 16.4. The molecule has 180 valence electrons. The standard InChI is InChI=1S/C25H29FN4O4/c1-17(31)28-15-21-16-30(25(33)34-21)20-9-10-22(23(26)14-20)19-7-5-18(6-8-19)4-2-3-12-29-13-11-27-24(29)32/h5-10,14,21H,2-4,11-13,15-16H2,1H3,(H,27,32)(H,28,31)/t21-/m0/s1. The van der Waals surface area contributed by atoms with Gasteiger partial charge in [-0.2, -0.15) is 0 Å². The van der Waals surface area contributed by atoms with E-state index in [4.69, 9.17) is 4.74 Å². The minimum atomic E-state index is -0.558. The minimum Gasteiger partial charge on any atom is -0.442 e. The van der Waals surface area contributed by atoms with Crippen LogP contribution in [-0.4, -0.2) is 61.8 Å². The number of nitrogens with zero attached hydrogens (tertiary/aromatic N) is 2. The van der Waals surface area contributed by atoms with Crippen molar-refractivity contribution in [3.63, 3.8) is 0 Å². The molecular formula is C25H29FN4O4. The minimum absolute atomic E-state index is 0.0174. The molecule has 2 aromatic carbocycles. The third-order valence-electron chi connectivity index (χ3n) is 6.07. The fraction of sp³-hybridized carbons (Fsp3) is 0.400. The van der Waals surface area contributed by atoms with Gasteiger partial charge in [0.05, 0.1) is 18.8 Å². The van der Waals surface area contributed by atoms with Gasteiger partial charge in [-0.25, -0.2) is 14.0 Å². The summed E-state index contributed by atoms with van der Waals surface area (Å²) in [5.41, 5.74) is 2.79. The Morgan fingerprint density at radius 3 is 2.65 bits per heavy atom. The summed E-state index contributed by atoms with van der Waals surface area (Å²) in [5, 5.41) is 5.43. The van der Waals surface area contributed by atoms with Crippen LogP contribution in [0.2, 0.25) is 0 Å². The van der Waals surface area contributed by atoms with Crippen LogP contribution in [0.5, 0.6) is 0 Å². The lowest BCUT2D eigenvalue weighted by Gasteiger charge is -2.15. The predicted molar refractivity (Wildman–Crippen MR) is 126 cm³/mol. The molecule has 8 nitrogen and oxygen atoms in total. The van der Waals surface area contributed by atoms with Gasteiger partial charge in [0.1, 0.15) is 11.9 Å². The first-order valence-electron chi connectivity index (χ1n) is 11.5. The molecule has 2 aliphatic rings. The summed E-state index contributed by atoms with van der Waals surface area (Å²) in [6.07, 6.45) is 1.78. The zero-order valence-electron chi connectivity index (χ0n) is 19.2. The van der Waals surface area contributed by atoms with Gasteiger partial charge in [0, 0.05) is 32.1 Å². The normalized spacial score (nSPS) is 17.6. The number of urea groups is 1. The van der Waals surface area contributed by atoms with Gasteiger partial charge >= 0.3 is 12.1 Å². The van der Waals surface area contributed by atoms with E-state index in [0.717, 1.165) is 50.0 Å². The van der Waals surface area contributed by atoms with Gasteiger partial charge in [-0.1, -0.05) is 24.3 Å². The van der Waals surface area contributed by atoms with E-state index in [1.807, 2.05) is 29.2 Å². The third kappa shape index (κ3) is 5.65. The maximum absolute atomic E-state index is 14.9. The summed E-state index contributed by atoms with van der Waals surface area (Å²) >= 11 is 0. The molecular weight excluding hydrogens is 439 g/mol. The number of benzene rings is 2. The third-order valence-corrected chi connectivity index (χ3v) is 6.07. The summed E-state index contributed by atoms with van der Waals surface area (Å²) in [4.78, 5) is 38.0. The SMILES string of the molecule is CC(=O)NC[C@H]1CN(c2ccc(-c3ccc(CCCCN4CCNC4=O)cc3)c(F)c2)C(=O)O1. The van der Waals surface area contributed by atoms with Gasteiger partial charge in [0.2, 0.25) is 5.91 Å². The van der Waals surface area contributed by atoms with Gasteiger partial charge in [0.15, 0.2) is 0 Å². The van der Waals surface area contributed by atoms with Gasteiger partial charge in [-0.3, -0.25) is 9.69 Å². The molecule has 4 rings (SSSR count). The lowest BCUT2D eigenvalue weighted by atomic mass is 10.0. The maximum Gasteiger partial charge on any atom is 0.414 e. The summed E-state index contributed by atoms with van der Waals surface area (Å²) in [6.45, 7) is 4.12. The second kappa shape index (κ2) is 10.5. The molecule has 0 unspecified atom stereocenters. The Balaban J connectivity index is 1.32. The molecule has 2 aliphatic heterocycles. The molecule has 9 heteroatoms. The number of cyclic esters (lactones) is 1. The second-order valence-corrected chi connectivity index (χ2v) is 8.59. The van der Waals surface area contributed by atoms with E-state index in [1.165, 1.54) is 17.9 Å². The van der Waals surface area contributed by atoms with Crippen molar-refractivity contribution in [2.75, 3.05) is 37.6 Å². The average molecular weight is 469 g/mol. The Bertz CT molecular complexity index is 1060. The number of ether oxygens (including phenoxy) is 1. The van der Waals surface area contributed by atoms with Crippen LogP contribution in [0.1, 0.15) is 25.3 Å². The maximum atomic E-state index is 14.9. The van der Waals surface area contributed by atoms with Crippen LogP contribution in [0.3, 0.4) is 0 Å². The highest BCUT2D eigenvalue weighted by Crippen LogP contribution is 2.29. The molecule has 4 amide bonds. The Hall–Kier alpha value is -3.62. The number of unbranched alkanes of at least 4 members (excludes halogenated alkanes) is 1.